The van der Waals surface area contributed by atoms with Gasteiger partial charge in [-0.3, -0.25) is 4.79 Å². The summed E-state index contributed by atoms with van der Waals surface area (Å²) in [5, 5.41) is 2.88. The molecule has 0 bridgehead atoms. The lowest BCUT2D eigenvalue weighted by Crippen LogP contribution is -2.27. The highest BCUT2D eigenvalue weighted by molar-refractivity contribution is 5.94. The molecule has 3 nitrogen and oxygen atoms in total. The summed E-state index contributed by atoms with van der Waals surface area (Å²) in [5.41, 5.74) is 2.89. The van der Waals surface area contributed by atoms with Gasteiger partial charge in [0.2, 0.25) is 0 Å². The summed E-state index contributed by atoms with van der Waals surface area (Å²) < 4.78 is 29.7. The molecule has 134 valence electrons. The first-order valence-electron chi connectivity index (χ1n) is 8.39. The lowest BCUT2D eigenvalue weighted by Gasteiger charge is -2.14. The summed E-state index contributed by atoms with van der Waals surface area (Å²) in [4.78, 5) is 12.7. The second kappa shape index (κ2) is 7.52. The Hall–Kier alpha value is -2.95. The van der Waals surface area contributed by atoms with Gasteiger partial charge >= 0.3 is 0 Å². The fraction of sp³-hybridized carbons (Fsp3) is 0.190. The second-order valence-electron chi connectivity index (χ2n) is 6.27. The molecule has 0 saturated heterocycles. The fourth-order valence-corrected chi connectivity index (χ4v) is 3.06. The Morgan fingerprint density at radius 2 is 1.65 bits per heavy atom. The van der Waals surface area contributed by atoms with Crippen molar-refractivity contribution in [3.63, 3.8) is 0 Å². The topological polar surface area (TPSA) is 34.0 Å². The normalized spacial score (nSPS) is 10.8. The number of rotatable bonds is 5. The molecule has 1 amide bonds. The largest absolute Gasteiger partial charge is 0.347 e. The van der Waals surface area contributed by atoms with Gasteiger partial charge in [0.15, 0.2) is 0 Å². The minimum Gasteiger partial charge on any atom is -0.347 e. The molecular formula is C21H20F2N2O. The first-order chi connectivity index (χ1) is 12.5. The second-order valence-corrected chi connectivity index (χ2v) is 6.27. The van der Waals surface area contributed by atoms with Crippen LogP contribution < -0.4 is 5.32 Å². The third-order valence-corrected chi connectivity index (χ3v) is 4.38. The molecule has 0 unspecified atom stereocenters. The molecule has 2 aromatic carbocycles. The standard InChI is InChI=1S/C21H20F2N2O/c1-14-11-15(2)25(13-17-18(22)9-6-10-19(17)23)20(14)21(26)24-12-16-7-4-3-5-8-16/h3-11H,12-13H2,1-2H3,(H,24,26). The Balaban J connectivity index is 1.87. The van der Waals surface area contributed by atoms with E-state index in [1.165, 1.54) is 18.2 Å². The predicted molar refractivity (Wildman–Crippen MR) is 97.0 cm³/mol. The van der Waals surface area contributed by atoms with Gasteiger partial charge in [-0.25, -0.2) is 8.78 Å². The third-order valence-electron chi connectivity index (χ3n) is 4.38. The van der Waals surface area contributed by atoms with Gasteiger partial charge in [-0.2, -0.15) is 0 Å². The van der Waals surface area contributed by atoms with Crippen molar-refractivity contribution < 1.29 is 13.6 Å². The molecule has 0 aliphatic rings. The van der Waals surface area contributed by atoms with Gasteiger partial charge in [0.1, 0.15) is 17.3 Å². The summed E-state index contributed by atoms with van der Waals surface area (Å²) in [6.45, 7) is 3.99. The molecule has 0 aliphatic heterocycles. The van der Waals surface area contributed by atoms with Gasteiger partial charge in [-0.1, -0.05) is 36.4 Å². The van der Waals surface area contributed by atoms with Crippen LogP contribution in [-0.4, -0.2) is 10.5 Å². The van der Waals surface area contributed by atoms with Gasteiger partial charge in [0, 0.05) is 17.8 Å². The van der Waals surface area contributed by atoms with E-state index in [1.807, 2.05) is 50.2 Å². The van der Waals surface area contributed by atoms with Crippen molar-refractivity contribution in [2.24, 2.45) is 0 Å². The number of aromatic nitrogens is 1. The SMILES string of the molecule is Cc1cc(C)n(Cc2c(F)cccc2F)c1C(=O)NCc1ccccc1. The monoisotopic (exact) mass is 354 g/mol. The van der Waals surface area contributed by atoms with Crippen LogP contribution in [0.15, 0.2) is 54.6 Å². The third kappa shape index (κ3) is 3.67. The number of amides is 1. The summed E-state index contributed by atoms with van der Waals surface area (Å²) in [7, 11) is 0. The predicted octanol–water partition coefficient (Wildman–Crippen LogP) is 4.36. The molecular weight excluding hydrogens is 334 g/mol. The number of hydrogen-bond donors (Lipinski definition) is 1. The van der Waals surface area contributed by atoms with E-state index in [4.69, 9.17) is 0 Å². The molecule has 0 spiro atoms. The number of hydrogen-bond acceptors (Lipinski definition) is 1. The minimum absolute atomic E-state index is 0.0354. The van der Waals surface area contributed by atoms with Crippen molar-refractivity contribution in [2.75, 3.05) is 0 Å². The minimum atomic E-state index is -0.619. The lowest BCUT2D eigenvalue weighted by molar-refractivity contribution is 0.0941. The average molecular weight is 354 g/mol. The van der Waals surface area contributed by atoms with Crippen LogP contribution in [0.5, 0.6) is 0 Å². The Bertz CT molecular complexity index is 912. The van der Waals surface area contributed by atoms with E-state index in [0.29, 0.717) is 12.2 Å². The van der Waals surface area contributed by atoms with Gasteiger partial charge in [-0.05, 0) is 43.2 Å². The molecule has 1 aromatic heterocycles. The smallest absolute Gasteiger partial charge is 0.268 e. The number of nitrogens with zero attached hydrogens (tertiary/aromatic N) is 1. The van der Waals surface area contributed by atoms with Crippen molar-refractivity contribution in [1.29, 1.82) is 0 Å². The number of carbonyl (C=O) groups excluding carboxylic acids is 1. The number of halogens is 2. The summed E-state index contributed by atoms with van der Waals surface area (Å²) in [6.07, 6.45) is 0. The van der Waals surface area contributed by atoms with E-state index in [1.54, 1.807) is 4.57 Å². The van der Waals surface area contributed by atoms with Crippen LogP contribution in [0.1, 0.15) is 32.9 Å². The Morgan fingerprint density at radius 3 is 2.31 bits per heavy atom. The number of aryl methyl sites for hydroxylation is 2. The van der Waals surface area contributed by atoms with Crippen molar-refractivity contribution in [3.8, 4) is 0 Å². The van der Waals surface area contributed by atoms with Crippen LogP contribution in [0, 0.1) is 25.5 Å². The molecule has 3 rings (SSSR count). The quantitative estimate of drug-likeness (QED) is 0.726. The van der Waals surface area contributed by atoms with E-state index in [0.717, 1.165) is 16.8 Å². The Labute approximate surface area is 151 Å². The number of nitrogens with one attached hydrogen (secondary N) is 1. The Kier molecular flexibility index (Phi) is 5.16. The Morgan fingerprint density at radius 1 is 1.00 bits per heavy atom. The summed E-state index contributed by atoms with van der Waals surface area (Å²) in [6, 6.07) is 15.2. The van der Waals surface area contributed by atoms with Crippen LogP contribution in [0.2, 0.25) is 0 Å². The van der Waals surface area contributed by atoms with E-state index in [2.05, 4.69) is 5.32 Å². The average Bonchev–Trinajstić information content (AvgIpc) is 2.90. The van der Waals surface area contributed by atoms with Crippen molar-refractivity contribution in [2.45, 2.75) is 26.9 Å². The highest BCUT2D eigenvalue weighted by Gasteiger charge is 2.19. The maximum atomic E-state index is 14.0. The first-order valence-corrected chi connectivity index (χ1v) is 8.39. The highest BCUT2D eigenvalue weighted by atomic mass is 19.1. The number of benzene rings is 2. The van der Waals surface area contributed by atoms with Crippen LogP contribution in [-0.2, 0) is 13.1 Å². The molecule has 0 atom stereocenters. The van der Waals surface area contributed by atoms with Crippen LogP contribution >= 0.6 is 0 Å². The maximum Gasteiger partial charge on any atom is 0.268 e. The van der Waals surface area contributed by atoms with Crippen molar-refractivity contribution in [3.05, 3.63) is 94.3 Å². The molecule has 0 radical (unpaired) electrons. The van der Waals surface area contributed by atoms with Crippen LogP contribution in [0.3, 0.4) is 0 Å². The number of carbonyl (C=O) groups is 1. The van der Waals surface area contributed by atoms with E-state index < -0.39 is 11.6 Å². The summed E-state index contributed by atoms with van der Waals surface area (Å²) >= 11 is 0. The molecule has 26 heavy (non-hydrogen) atoms. The van der Waals surface area contributed by atoms with Gasteiger partial charge in [0.05, 0.1) is 6.54 Å². The fourth-order valence-electron chi connectivity index (χ4n) is 3.06. The van der Waals surface area contributed by atoms with Crippen LogP contribution in [0.4, 0.5) is 8.78 Å². The van der Waals surface area contributed by atoms with E-state index >= 15 is 0 Å². The molecule has 5 heteroatoms. The first kappa shape index (κ1) is 17.9. The van der Waals surface area contributed by atoms with Gasteiger partial charge in [-0.15, -0.1) is 0 Å². The van der Waals surface area contributed by atoms with Gasteiger partial charge in [0.25, 0.3) is 5.91 Å². The molecule has 0 saturated carbocycles. The maximum absolute atomic E-state index is 14.0. The van der Waals surface area contributed by atoms with Crippen LogP contribution in [0.25, 0.3) is 0 Å². The molecule has 1 heterocycles. The highest BCUT2D eigenvalue weighted by Crippen LogP contribution is 2.20. The summed E-state index contributed by atoms with van der Waals surface area (Å²) in [5.74, 6) is -1.51. The molecule has 1 N–H and O–H groups in total. The molecule has 0 aliphatic carbocycles. The van der Waals surface area contributed by atoms with Crippen molar-refractivity contribution in [1.82, 2.24) is 9.88 Å². The van der Waals surface area contributed by atoms with Crippen molar-refractivity contribution >= 4 is 5.91 Å². The van der Waals surface area contributed by atoms with E-state index in [9.17, 15) is 13.6 Å². The zero-order valence-electron chi connectivity index (χ0n) is 14.7. The van der Waals surface area contributed by atoms with Gasteiger partial charge < -0.3 is 9.88 Å². The lowest BCUT2D eigenvalue weighted by atomic mass is 10.2. The zero-order valence-corrected chi connectivity index (χ0v) is 14.7. The molecule has 0 fully saturated rings. The zero-order chi connectivity index (χ0) is 18.7. The molecule has 3 aromatic rings. The van der Waals surface area contributed by atoms with E-state index in [-0.39, 0.29) is 18.0 Å².